The van der Waals surface area contributed by atoms with E-state index in [4.69, 9.17) is 9.66 Å². The van der Waals surface area contributed by atoms with Gasteiger partial charge in [-0.3, -0.25) is 4.55 Å². The molecule has 1 atom stereocenters. The second-order valence-corrected chi connectivity index (χ2v) is 4.61. The first kappa shape index (κ1) is 15.1. The van der Waals surface area contributed by atoms with Crippen LogP contribution in [0.15, 0.2) is 12.7 Å². The summed E-state index contributed by atoms with van der Waals surface area (Å²) in [5, 5.41) is 8.40. The van der Waals surface area contributed by atoms with Gasteiger partial charge in [-0.25, -0.2) is 0 Å². The van der Waals surface area contributed by atoms with E-state index in [0.29, 0.717) is 0 Å². The van der Waals surface area contributed by atoms with Crippen molar-refractivity contribution in [1.82, 2.24) is 0 Å². The van der Waals surface area contributed by atoms with E-state index < -0.39 is 10.1 Å². The van der Waals surface area contributed by atoms with Crippen LogP contribution in [0, 0.1) is 0 Å². The normalized spacial score (nSPS) is 12.8. The fourth-order valence-electron chi connectivity index (χ4n) is 0.149. The van der Waals surface area contributed by atoms with Crippen LogP contribution in [0.1, 0.15) is 6.92 Å². The maximum atomic E-state index is 9.72. The number of aliphatic hydroxyl groups is 1. The third kappa shape index (κ3) is 22.4. The Morgan fingerprint density at radius 1 is 1.67 bits per heavy atom. The van der Waals surface area contributed by atoms with Crippen molar-refractivity contribution >= 4 is 38.0 Å². The van der Waals surface area contributed by atoms with E-state index in [0.717, 1.165) is 37.7 Å². The van der Waals surface area contributed by atoms with Gasteiger partial charge in [0.25, 0.3) is 10.1 Å². The van der Waals surface area contributed by atoms with Gasteiger partial charge in [0.1, 0.15) is 0 Å². The van der Waals surface area contributed by atoms with Crippen LogP contribution in [0.5, 0.6) is 0 Å². The van der Waals surface area contributed by atoms with E-state index in [1.54, 1.807) is 0 Å². The van der Waals surface area contributed by atoms with Gasteiger partial charge in [-0.15, -0.1) is 6.58 Å². The Bertz CT molecular complexity index is 198. The van der Waals surface area contributed by atoms with Crippen molar-refractivity contribution in [2.24, 2.45) is 0 Å². The van der Waals surface area contributed by atoms with Gasteiger partial charge in [0.05, 0.1) is 5.75 Å². The van der Waals surface area contributed by atoms with Gasteiger partial charge in [-0.05, 0) is 0 Å². The molecule has 4 nitrogen and oxygen atoms in total. The summed E-state index contributed by atoms with van der Waals surface area (Å²) < 4.78 is 28.3. The van der Waals surface area contributed by atoms with Gasteiger partial charge >= 0.3 is 49.7 Å². The van der Waals surface area contributed by atoms with Crippen LogP contribution in [-0.4, -0.2) is 57.9 Å². The van der Waals surface area contributed by atoms with E-state index >= 15 is 0 Å². The van der Waals surface area contributed by atoms with E-state index in [1.165, 1.54) is 0 Å². The molecule has 1 unspecified atom stereocenters. The molecule has 0 saturated heterocycles. The molecule has 0 bridgehead atoms. The minimum absolute atomic E-state index is 0.0540. The van der Waals surface area contributed by atoms with Gasteiger partial charge in [0, 0.05) is 0 Å². The zero-order valence-electron chi connectivity index (χ0n) is 7.40. The molecule has 2 N–H and O–H groups in total. The Balaban J connectivity index is 0. The summed E-state index contributed by atoms with van der Waals surface area (Å²) in [7, 11) is -3.79. The molecule has 0 spiro atoms. The molecule has 0 amide bonds. The molecule has 0 radical (unpaired) electrons. The van der Waals surface area contributed by atoms with Crippen molar-refractivity contribution in [2.45, 2.75) is 16.7 Å². The van der Waals surface area contributed by atoms with Crippen LogP contribution >= 0.6 is 0 Å². The average molecular weight is 204 g/mol. The molecule has 0 saturated carbocycles. The molecule has 0 heterocycles. The summed E-state index contributed by atoms with van der Waals surface area (Å²) in [6.45, 7) is 4.92. The molecule has 6 heteroatoms. The van der Waals surface area contributed by atoms with Crippen LogP contribution in [0.25, 0.3) is 0 Å². The Morgan fingerprint density at radius 3 is 2.00 bits per heavy atom. The first-order valence-electron chi connectivity index (χ1n) is 3.57. The predicted molar refractivity (Wildman–Crippen MR) is 48.9 cm³/mol. The third-order valence-corrected chi connectivity index (χ3v) is 2.76. The van der Waals surface area contributed by atoms with Crippen molar-refractivity contribution in [3.8, 4) is 0 Å². The monoisotopic (exact) mass is 204 g/mol. The number of hydrogen-bond donors (Lipinski definition) is 2. The summed E-state index contributed by atoms with van der Waals surface area (Å²) >= 11 is 1.12. The Labute approximate surface area is 90.8 Å². The molecule has 0 fully saturated rings. The van der Waals surface area contributed by atoms with Crippen LogP contribution in [0.3, 0.4) is 0 Å². The first-order chi connectivity index (χ1) is 5.33. The number of aliphatic hydroxyl groups excluding tert-OH is 1. The molecule has 0 aromatic rings. The molecule has 0 aliphatic rings. The van der Waals surface area contributed by atoms with E-state index in [1.807, 2.05) is 6.92 Å². The van der Waals surface area contributed by atoms with E-state index in [9.17, 15) is 8.42 Å². The summed E-state index contributed by atoms with van der Waals surface area (Å²) in [5.74, 6) is -0.368. The van der Waals surface area contributed by atoms with E-state index in [2.05, 4.69) is 6.58 Å². The average Bonchev–Trinajstić information content (AvgIpc) is 1.86. The Hall–Kier alpha value is 0.610. The second-order valence-electron chi connectivity index (χ2n) is 2.29. The molecule has 68 valence electrons. The van der Waals surface area contributed by atoms with Crippen LogP contribution in [-0.2, 0) is 10.1 Å². The van der Waals surface area contributed by atoms with Gasteiger partial charge in [0.2, 0.25) is 0 Å². The summed E-state index contributed by atoms with van der Waals surface area (Å²) in [6, 6.07) is 0. The molecule has 0 aliphatic heterocycles. The summed E-state index contributed by atoms with van der Waals surface area (Å²) in [5.41, 5.74) is 0. The van der Waals surface area contributed by atoms with Crippen LogP contribution < -0.4 is 0 Å². The fraction of sp³-hybridized carbons (Fsp3) is 0.667. The summed E-state index contributed by atoms with van der Waals surface area (Å²) in [4.78, 5) is 0. The minimum atomic E-state index is -3.79. The summed E-state index contributed by atoms with van der Waals surface area (Å²) in [6.07, 6.45) is 1.07. The zero-order valence-corrected chi connectivity index (χ0v) is 10.2. The van der Waals surface area contributed by atoms with E-state index in [-0.39, 0.29) is 11.9 Å². The standard InChI is InChI=1S/C3H6O3S.C3H7O.Na/c1-2-3-7(4,5)6;1-3(2)4;/h2H,1,3H2,(H,4,5,6);3-4H,1H2,2H3;. The molecule has 0 aromatic heterocycles. The molecular formula is C6H13NaO4S. The Kier molecular flexibility index (Phi) is 10.3. The van der Waals surface area contributed by atoms with Crippen molar-refractivity contribution in [2.75, 3.05) is 5.75 Å². The van der Waals surface area contributed by atoms with Gasteiger partial charge < -0.3 is 0 Å². The topological polar surface area (TPSA) is 74.6 Å². The van der Waals surface area contributed by atoms with Crippen molar-refractivity contribution < 1.29 is 18.1 Å². The fourth-order valence-corrected chi connectivity index (χ4v) is 0.447. The number of hydrogen-bond acceptors (Lipinski definition) is 3. The predicted octanol–water partition coefficient (Wildman–Crippen LogP) is 0.0142. The molecule has 0 aliphatic carbocycles. The first-order valence-corrected chi connectivity index (χ1v) is 6.60. The SMILES string of the molecule is C=CCS(=O)(=O)O.CC(O)[CH2][Na]. The molecular weight excluding hydrogens is 191 g/mol. The van der Waals surface area contributed by atoms with Crippen LogP contribution in [0.2, 0.25) is 3.67 Å². The quantitative estimate of drug-likeness (QED) is 0.386. The zero-order chi connectivity index (χ0) is 10.2. The van der Waals surface area contributed by atoms with Crippen molar-refractivity contribution in [3.05, 3.63) is 12.7 Å². The maximum absolute atomic E-state index is 9.72. The van der Waals surface area contributed by atoms with Crippen LogP contribution in [0.4, 0.5) is 0 Å². The molecule has 0 aromatic carbocycles. The van der Waals surface area contributed by atoms with Gasteiger partial charge in [-0.1, -0.05) is 6.08 Å². The second kappa shape index (κ2) is 8.22. The molecule has 0 rings (SSSR count). The van der Waals surface area contributed by atoms with Gasteiger partial charge in [-0.2, -0.15) is 8.42 Å². The molecule has 12 heavy (non-hydrogen) atoms. The van der Waals surface area contributed by atoms with Crippen molar-refractivity contribution in [3.63, 3.8) is 0 Å². The third-order valence-electron chi connectivity index (χ3n) is 0.919. The number of rotatable bonds is 3. The van der Waals surface area contributed by atoms with Crippen molar-refractivity contribution in [1.29, 1.82) is 0 Å². The Morgan fingerprint density at radius 2 is 2.00 bits per heavy atom. The van der Waals surface area contributed by atoms with Gasteiger partial charge in [0.15, 0.2) is 0 Å².